The molecule has 3 atom stereocenters. The van der Waals surface area contributed by atoms with Crippen LogP contribution in [0.4, 0.5) is 0 Å². The molecule has 5 aliphatic rings. The lowest BCUT2D eigenvalue weighted by Gasteiger charge is -2.51. The summed E-state index contributed by atoms with van der Waals surface area (Å²) in [5, 5.41) is 0. The molecular formula is C23H30N2O3. The van der Waals surface area contributed by atoms with Gasteiger partial charge in [-0.05, 0) is 74.5 Å². The van der Waals surface area contributed by atoms with Crippen LogP contribution in [0.25, 0.3) is 0 Å². The van der Waals surface area contributed by atoms with Gasteiger partial charge in [-0.25, -0.2) is 0 Å². The fraction of sp³-hybridized carbons (Fsp3) is 0.652. The average molecular weight is 383 g/mol. The van der Waals surface area contributed by atoms with Crippen molar-refractivity contribution in [2.75, 3.05) is 20.2 Å². The second-order valence-electron chi connectivity index (χ2n) is 9.01. The van der Waals surface area contributed by atoms with E-state index in [1.807, 2.05) is 21.9 Å². The van der Waals surface area contributed by atoms with Crippen LogP contribution >= 0.6 is 0 Å². The average Bonchev–Trinajstić information content (AvgIpc) is 3.36. The first-order chi connectivity index (χ1) is 13.7. The first kappa shape index (κ1) is 18.0. The minimum absolute atomic E-state index is 0.0432. The molecule has 3 heterocycles. The van der Waals surface area contributed by atoms with E-state index in [-0.39, 0.29) is 29.8 Å². The Hall–Kier alpha value is -2.04. The number of carbonyl (C=O) groups excluding carboxylic acids is 2. The Labute approximate surface area is 167 Å². The summed E-state index contributed by atoms with van der Waals surface area (Å²) in [6.45, 7) is 1.74. The topological polar surface area (TPSA) is 49.9 Å². The Morgan fingerprint density at radius 1 is 0.964 bits per heavy atom. The number of likely N-dealkylation sites (tertiary alicyclic amines) is 1. The zero-order chi connectivity index (χ0) is 19.3. The van der Waals surface area contributed by atoms with Gasteiger partial charge in [0.1, 0.15) is 11.8 Å². The van der Waals surface area contributed by atoms with Crippen LogP contribution in [0.5, 0.6) is 5.75 Å². The zero-order valence-electron chi connectivity index (χ0n) is 16.7. The molecule has 0 N–H and O–H groups in total. The molecule has 2 aliphatic carbocycles. The van der Waals surface area contributed by atoms with Crippen LogP contribution in [0, 0.1) is 11.8 Å². The molecule has 1 aromatic carbocycles. The van der Waals surface area contributed by atoms with Crippen LogP contribution in [0.15, 0.2) is 24.3 Å². The summed E-state index contributed by atoms with van der Waals surface area (Å²) >= 11 is 0. The standard InChI is InChI=1S/C23H30N2O3/c1-28-18-10-6-15(7-11-18)19-14-20(19)22(26)25-17-8-4-16(5-9-17)21(25)23(27)24-12-2-3-13-24/h6-7,10-11,16-17,19-21H,2-5,8-9,12-14H2,1H3/t16?,17?,19-,20-,21+/m1/s1. The molecule has 0 radical (unpaired) electrons. The summed E-state index contributed by atoms with van der Waals surface area (Å²) in [6, 6.07) is 8.16. The van der Waals surface area contributed by atoms with E-state index in [0.29, 0.717) is 11.8 Å². The van der Waals surface area contributed by atoms with Crippen LogP contribution in [0.1, 0.15) is 56.4 Å². The number of fused-ring (bicyclic) bond motifs is 3. The highest BCUT2D eigenvalue weighted by Gasteiger charge is 2.54. The largest absolute Gasteiger partial charge is 0.497 e. The number of nitrogens with zero attached hydrogens (tertiary/aromatic N) is 2. The van der Waals surface area contributed by atoms with Gasteiger partial charge in [-0.3, -0.25) is 9.59 Å². The lowest BCUT2D eigenvalue weighted by atomic mass is 9.73. The van der Waals surface area contributed by atoms with Crippen molar-refractivity contribution in [3.63, 3.8) is 0 Å². The molecule has 3 saturated heterocycles. The van der Waals surface area contributed by atoms with E-state index in [4.69, 9.17) is 4.74 Å². The summed E-state index contributed by atoms with van der Waals surface area (Å²) in [6.07, 6.45) is 7.45. The van der Waals surface area contributed by atoms with Crippen LogP contribution in [-0.2, 0) is 9.59 Å². The SMILES string of the molecule is COc1ccc([C@H]2C[C@H]2C(=O)N2C3CCC(CC3)[C@H]2C(=O)N2CCCC2)cc1. The van der Waals surface area contributed by atoms with Crippen LogP contribution in [-0.4, -0.2) is 53.9 Å². The van der Waals surface area contributed by atoms with E-state index in [2.05, 4.69) is 12.1 Å². The molecule has 2 saturated carbocycles. The highest BCUT2D eigenvalue weighted by molar-refractivity contribution is 5.91. The number of piperidine rings is 2. The number of methoxy groups -OCH3 is 1. The van der Waals surface area contributed by atoms with Crippen molar-refractivity contribution in [2.45, 2.75) is 62.9 Å². The Kier molecular flexibility index (Phi) is 4.56. The second kappa shape index (κ2) is 7.09. The van der Waals surface area contributed by atoms with Gasteiger partial charge in [-0.1, -0.05) is 12.1 Å². The highest BCUT2D eigenvalue weighted by atomic mass is 16.5. The van der Waals surface area contributed by atoms with Crippen molar-refractivity contribution in [3.8, 4) is 5.75 Å². The first-order valence-corrected chi connectivity index (χ1v) is 10.9. The molecule has 1 aromatic rings. The molecule has 6 rings (SSSR count). The summed E-state index contributed by atoms with van der Waals surface area (Å²) in [5.74, 6) is 2.00. The number of carbonyl (C=O) groups is 2. The maximum atomic E-state index is 13.5. The molecule has 5 fully saturated rings. The minimum Gasteiger partial charge on any atom is -0.497 e. The molecule has 0 unspecified atom stereocenters. The zero-order valence-corrected chi connectivity index (χ0v) is 16.7. The lowest BCUT2D eigenvalue weighted by Crippen LogP contribution is -2.63. The number of amides is 2. The first-order valence-electron chi connectivity index (χ1n) is 10.9. The van der Waals surface area contributed by atoms with Crippen LogP contribution < -0.4 is 4.74 Å². The van der Waals surface area contributed by atoms with E-state index in [1.165, 1.54) is 5.56 Å². The summed E-state index contributed by atoms with van der Waals surface area (Å²) in [5.41, 5.74) is 1.21. The van der Waals surface area contributed by atoms with E-state index >= 15 is 0 Å². The van der Waals surface area contributed by atoms with Crippen molar-refractivity contribution in [1.82, 2.24) is 9.80 Å². The van der Waals surface area contributed by atoms with Gasteiger partial charge in [0.15, 0.2) is 0 Å². The molecule has 0 spiro atoms. The maximum absolute atomic E-state index is 13.5. The van der Waals surface area contributed by atoms with Gasteiger partial charge < -0.3 is 14.5 Å². The molecule has 5 heteroatoms. The summed E-state index contributed by atoms with van der Waals surface area (Å²) in [7, 11) is 1.67. The number of hydrogen-bond acceptors (Lipinski definition) is 3. The Balaban J connectivity index is 1.34. The Morgan fingerprint density at radius 2 is 1.64 bits per heavy atom. The smallest absolute Gasteiger partial charge is 0.245 e. The van der Waals surface area contributed by atoms with Crippen molar-refractivity contribution in [3.05, 3.63) is 29.8 Å². The second-order valence-corrected chi connectivity index (χ2v) is 9.01. The van der Waals surface area contributed by atoms with Gasteiger partial charge in [-0.15, -0.1) is 0 Å². The Morgan fingerprint density at radius 3 is 2.29 bits per heavy atom. The quantitative estimate of drug-likeness (QED) is 0.804. The van der Waals surface area contributed by atoms with E-state index in [1.54, 1.807) is 7.11 Å². The van der Waals surface area contributed by atoms with E-state index < -0.39 is 0 Å². The molecule has 5 nitrogen and oxygen atoms in total. The van der Waals surface area contributed by atoms with Crippen LogP contribution in [0.3, 0.4) is 0 Å². The van der Waals surface area contributed by atoms with Crippen molar-refractivity contribution in [1.29, 1.82) is 0 Å². The van der Waals surface area contributed by atoms with Gasteiger partial charge in [-0.2, -0.15) is 0 Å². The normalized spacial score (nSPS) is 33.8. The van der Waals surface area contributed by atoms with E-state index in [9.17, 15) is 9.59 Å². The molecule has 150 valence electrons. The molecular weight excluding hydrogens is 352 g/mol. The monoisotopic (exact) mass is 382 g/mol. The minimum atomic E-state index is -0.199. The maximum Gasteiger partial charge on any atom is 0.245 e. The highest BCUT2D eigenvalue weighted by Crippen LogP contribution is 2.51. The number of ether oxygens (including phenoxy) is 1. The third-order valence-electron chi connectivity index (χ3n) is 7.46. The summed E-state index contributed by atoms with van der Waals surface area (Å²) < 4.78 is 5.24. The lowest BCUT2D eigenvalue weighted by molar-refractivity contribution is -0.159. The number of benzene rings is 1. The van der Waals surface area contributed by atoms with Crippen molar-refractivity contribution < 1.29 is 14.3 Å². The number of rotatable bonds is 4. The van der Waals surface area contributed by atoms with Crippen molar-refractivity contribution >= 4 is 11.8 Å². The fourth-order valence-electron chi connectivity index (χ4n) is 5.79. The Bertz CT molecular complexity index is 748. The van der Waals surface area contributed by atoms with E-state index in [0.717, 1.165) is 63.8 Å². The van der Waals surface area contributed by atoms with Gasteiger partial charge in [0.2, 0.25) is 11.8 Å². The van der Waals surface area contributed by atoms with Gasteiger partial charge >= 0.3 is 0 Å². The molecule has 3 aliphatic heterocycles. The predicted octanol–water partition coefficient (Wildman–Crippen LogP) is 3.19. The summed E-state index contributed by atoms with van der Waals surface area (Å²) in [4.78, 5) is 30.9. The van der Waals surface area contributed by atoms with Gasteiger partial charge in [0.25, 0.3) is 0 Å². The molecule has 28 heavy (non-hydrogen) atoms. The third kappa shape index (κ3) is 2.99. The fourth-order valence-corrected chi connectivity index (χ4v) is 5.79. The van der Waals surface area contributed by atoms with Gasteiger partial charge in [0.05, 0.1) is 7.11 Å². The molecule has 2 amide bonds. The predicted molar refractivity (Wildman–Crippen MR) is 106 cm³/mol. The van der Waals surface area contributed by atoms with Gasteiger partial charge in [0, 0.05) is 25.0 Å². The van der Waals surface area contributed by atoms with Crippen LogP contribution in [0.2, 0.25) is 0 Å². The molecule has 0 aromatic heterocycles. The number of hydrogen-bond donors (Lipinski definition) is 0. The van der Waals surface area contributed by atoms with Crippen molar-refractivity contribution in [2.24, 2.45) is 11.8 Å². The molecule has 2 bridgehead atoms. The third-order valence-corrected chi connectivity index (χ3v) is 7.46.